The Morgan fingerprint density at radius 2 is 2.04 bits per heavy atom. The number of hydrogen-bond acceptors (Lipinski definition) is 4. The number of morpholine rings is 1. The molecule has 2 unspecified atom stereocenters. The van der Waals surface area contributed by atoms with Crippen LogP contribution in [0.3, 0.4) is 0 Å². The average molecular weight is 319 g/mol. The van der Waals surface area contributed by atoms with E-state index in [-0.39, 0.29) is 18.5 Å². The van der Waals surface area contributed by atoms with E-state index in [1.54, 1.807) is 12.1 Å². The summed E-state index contributed by atoms with van der Waals surface area (Å²) in [5.74, 6) is -0.227. The van der Waals surface area contributed by atoms with E-state index in [9.17, 15) is 9.50 Å². The number of benzene rings is 1. The molecule has 2 heterocycles. The van der Waals surface area contributed by atoms with Crippen molar-refractivity contribution in [2.24, 2.45) is 0 Å². The predicted octanol–water partition coefficient (Wildman–Crippen LogP) is 1.65. The van der Waals surface area contributed by atoms with Gasteiger partial charge in [-0.05, 0) is 24.6 Å². The van der Waals surface area contributed by atoms with Crippen molar-refractivity contribution < 1.29 is 14.2 Å². The van der Waals surface area contributed by atoms with Gasteiger partial charge in [-0.15, -0.1) is 0 Å². The van der Waals surface area contributed by atoms with E-state index >= 15 is 0 Å². The number of nitrogens with zero attached hydrogens (tertiary/aromatic N) is 3. The third-order valence-corrected chi connectivity index (χ3v) is 4.17. The van der Waals surface area contributed by atoms with E-state index in [1.165, 1.54) is 12.1 Å². The molecule has 1 N–H and O–H groups in total. The molecule has 6 heteroatoms. The minimum Gasteiger partial charge on any atom is -0.394 e. The minimum absolute atomic E-state index is 0.0487. The van der Waals surface area contributed by atoms with Crippen molar-refractivity contribution in [2.45, 2.75) is 32.2 Å². The molecule has 5 nitrogen and oxygen atoms in total. The van der Waals surface area contributed by atoms with Gasteiger partial charge in [-0.25, -0.2) is 4.39 Å². The second kappa shape index (κ2) is 7.21. The lowest BCUT2D eigenvalue weighted by Gasteiger charge is -2.37. The molecule has 1 saturated heterocycles. The maximum Gasteiger partial charge on any atom is 0.123 e. The summed E-state index contributed by atoms with van der Waals surface area (Å²) in [6, 6.07) is 6.78. The molecule has 0 saturated carbocycles. The van der Waals surface area contributed by atoms with E-state index in [4.69, 9.17) is 4.74 Å². The molecule has 23 heavy (non-hydrogen) atoms. The Hall–Kier alpha value is -1.76. The summed E-state index contributed by atoms with van der Waals surface area (Å²) in [5.41, 5.74) is 2.14. The first-order valence-electron chi connectivity index (χ1n) is 7.86. The molecular weight excluding hydrogens is 297 g/mol. The zero-order valence-corrected chi connectivity index (χ0v) is 13.2. The first-order chi connectivity index (χ1) is 11.1. The van der Waals surface area contributed by atoms with Crippen LogP contribution in [0.5, 0.6) is 0 Å². The average Bonchev–Trinajstić information content (AvgIpc) is 2.99. The number of rotatable bonds is 5. The van der Waals surface area contributed by atoms with Crippen molar-refractivity contribution in [3.63, 3.8) is 0 Å². The number of hydrogen-bond donors (Lipinski definition) is 1. The number of aliphatic hydroxyl groups is 1. The fraction of sp³-hybridized carbons (Fsp3) is 0.471. The maximum atomic E-state index is 12.9. The fourth-order valence-electron chi connectivity index (χ4n) is 2.79. The van der Waals surface area contributed by atoms with Gasteiger partial charge in [0.1, 0.15) is 5.82 Å². The van der Waals surface area contributed by atoms with Crippen LogP contribution in [-0.4, -0.2) is 51.7 Å². The molecule has 1 fully saturated rings. The van der Waals surface area contributed by atoms with Crippen LogP contribution in [0.15, 0.2) is 36.7 Å². The molecule has 3 rings (SSSR count). The van der Waals surface area contributed by atoms with Crippen molar-refractivity contribution >= 4 is 0 Å². The third-order valence-electron chi connectivity index (χ3n) is 4.17. The van der Waals surface area contributed by atoms with Crippen molar-refractivity contribution in [3.8, 4) is 0 Å². The zero-order valence-electron chi connectivity index (χ0n) is 13.2. The molecule has 1 aromatic heterocycles. The molecule has 1 aromatic carbocycles. The second-order valence-electron chi connectivity index (χ2n) is 6.09. The van der Waals surface area contributed by atoms with Crippen LogP contribution in [-0.2, 0) is 17.8 Å². The van der Waals surface area contributed by atoms with Crippen molar-refractivity contribution in [3.05, 3.63) is 53.6 Å². The predicted molar refractivity (Wildman–Crippen MR) is 84.4 cm³/mol. The smallest absolute Gasteiger partial charge is 0.123 e. The highest BCUT2D eigenvalue weighted by molar-refractivity contribution is 5.17. The van der Waals surface area contributed by atoms with Crippen molar-refractivity contribution in [1.82, 2.24) is 14.7 Å². The lowest BCUT2D eigenvalue weighted by molar-refractivity contribution is -0.0805. The highest BCUT2D eigenvalue weighted by Gasteiger charge is 2.25. The molecule has 0 amide bonds. The van der Waals surface area contributed by atoms with Crippen LogP contribution < -0.4 is 0 Å². The number of aliphatic hydroxyl groups excluding tert-OH is 1. The van der Waals surface area contributed by atoms with Gasteiger partial charge in [-0.3, -0.25) is 9.58 Å². The highest BCUT2D eigenvalue weighted by atomic mass is 19.1. The van der Waals surface area contributed by atoms with Gasteiger partial charge in [-0.1, -0.05) is 12.1 Å². The Bertz CT molecular complexity index is 629. The molecule has 0 spiro atoms. The molecule has 1 aliphatic heterocycles. The Labute approximate surface area is 135 Å². The van der Waals surface area contributed by atoms with Gasteiger partial charge in [-0.2, -0.15) is 5.10 Å². The third kappa shape index (κ3) is 4.16. The summed E-state index contributed by atoms with van der Waals surface area (Å²) >= 11 is 0. The zero-order chi connectivity index (χ0) is 16.2. The van der Waals surface area contributed by atoms with E-state index in [2.05, 4.69) is 16.9 Å². The summed E-state index contributed by atoms with van der Waals surface area (Å²) < 4.78 is 20.3. The summed E-state index contributed by atoms with van der Waals surface area (Å²) in [6.45, 7) is 4.93. The summed E-state index contributed by atoms with van der Waals surface area (Å²) in [7, 11) is 0. The largest absolute Gasteiger partial charge is 0.394 e. The molecule has 0 aliphatic carbocycles. The molecule has 2 atom stereocenters. The molecule has 124 valence electrons. The van der Waals surface area contributed by atoms with Gasteiger partial charge in [0, 0.05) is 30.9 Å². The van der Waals surface area contributed by atoms with Gasteiger partial charge in [0.2, 0.25) is 0 Å². The standard InChI is InChI=1S/C17H22FN3O2/c1-13-12-23-17(11-22)10-20(13)7-15-6-19-21(9-15)8-14-2-4-16(18)5-3-14/h2-6,9,13,17,22H,7-8,10-12H2,1H3. The SMILES string of the molecule is CC1COC(CO)CN1Cc1cnn(Cc2ccc(F)cc2)c1. The van der Waals surface area contributed by atoms with Crippen LogP contribution in [0, 0.1) is 5.82 Å². The normalized spacial score (nSPS) is 22.4. The monoisotopic (exact) mass is 319 g/mol. The van der Waals surface area contributed by atoms with E-state index in [0.717, 1.165) is 24.2 Å². The Morgan fingerprint density at radius 1 is 1.26 bits per heavy atom. The first-order valence-corrected chi connectivity index (χ1v) is 7.86. The number of aromatic nitrogens is 2. The first kappa shape index (κ1) is 16.1. The van der Waals surface area contributed by atoms with Crippen molar-refractivity contribution in [1.29, 1.82) is 0 Å². The Balaban J connectivity index is 1.61. The van der Waals surface area contributed by atoms with Crippen LogP contribution in [0.1, 0.15) is 18.1 Å². The lowest BCUT2D eigenvalue weighted by Crippen LogP contribution is -2.48. The fourth-order valence-corrected chi connectivity index (χ4v) is 2.79. The Kier molecular flexibility index (Phi) is 5.05. The van der Waals surface area contributed by atoms with E-state index < -0.39 is 0 Å². The highest BCUT2D eigenvalue weighted by Crippen LogP contribution is 2.15. The number of ether oxygens (including phenoxy) is 1. The van der Waals surface area contributed by atoms with Crippen LogP contribution >= 0.6 is 0 Å². The van der Waals surface area contributed by atoms with Crippen molar-refractivity contribution in [2.75, 3.05) is 19.8 Å². The van der Waals surface area contributed by atoms with Crippen LogP contribution in [0.2, 0.25) is 0 Å². The Morgan fingerprint density at radius 3 is 2.78 bits per heavy atom. The van der Waals surface area contributed by atoms with Gasteiger partial charge in [0.15, 0.2) is 0 Å². The number of halogens is 1. The minimum atomic E-state index is -0.227. The molecule has 0 radical (unpaired) electrons. The molecule has 1 aliphatic rings. The van der Waals surface area contributed by atoms with Crippen LogP contribution in [0.4, 0.5) is 4.39 Å². The molecule has 0 bridgehead atoms. The van der Waals surface area contributed by atoms with Gasteiger partial charge < -0.3 is 9.84 Å². The summed E-state index contributed by atoms with van der Waals surface area (Å²) in [6.07, 6.45) is 3.76. The molecule has 2 aromatic rings. The van der Waals surface area contributed by atoms with Gasteiger partial charge in [0.05, 0.1) is 32.1 Å². The summed E-state index contributed by atoms with van der Waals surface area (Å²) in [4.78, 5) is 2.30. The quantitative estimate of drug-likeness (QED) is 0.910. The van der Waals surface area contributed by atoms with Crippen LogP contribution in [0.25, 0.3) is 0 Å². The van der Waals surface area contributed by atoms with E-state index in [1.807, 2.05) is 17.1 Å². The maximum absolute atomic E-state index is 12.9. The second-order valence-corrected chi connectivity index (χ2v) is 6.09. The van der Waals surface area contributed by atoms with Gasteiger partial charge in [0.25, 0.3) is 0 Å². The molecular formula is C17H22FN3O2. The van der Waals surface area contributed by atoms with E-state index in [0.29, 0.717) is 19.2 Å². The summed E-state index contributed by atoms with van der Waals surface area (Å²) in [5, 5.41) is 13.6. The lowest BCUT2D eigenvalue weighted by atomic mass is 10.2. The topological polar surface area (TPSA) is 50.5 Å². The van der Waals surface area contributed by atoms with Gasteiger partial charge >= 0.3 is 0 Å².